The molecule has 0 amide bonds. The van der Waals surface area contributed by atoms with Crippen LogP contribution in [0.3, 0.4) is 0 Å². The number of benzene rings is 1. The van der Waals surface area contributed by atoms with Gasteiger partial charge in [0.15, 0.2) is 23.9 Å². The predicted octanol–water partition coefficient (Wildman–Crippen LogP) is 3.03. The maximum atomic E-state index is 12.6. The Morgan fingerprint density at radius 3 is 2.52 bits per heavy atom. The Balaban J connectivity index is 2.19. The molecule has 1 heterocycles. The summed E-state index contributed by atoms with van der Waals surface area (Å²) in [5, 5.41) is 0. The van der Waals surface area contributed by atoms with Crippen LogP contribution in [-0.2, 0) is 16.1 Å². The number of ether oxygens (including phenoxy) is 4. The third-order valence-corrected chi connectivity index (χ3v) is 3.11. The number of halogens is 2. The zero-order valence-corrected chi connectivity index (χ0v) is 13.3. The summed E-state index contributed by atoms with van der Waals surface area (Å²) in [4.78, 5) is 23.7. The van der Waals surface area contributed by atoms with Gasteiger partial charge in [-0.15, -0.1) is 0 Å². The van der Waals surface area contributed by atoms with Crippen molar-refractivity contribution in [2.24, 2.45) is 0 Å². The predicted molar refractivity (Wildman–Crippen MR) is 78.8 cm³/mol. The molecule has 0 bridgehead atoms. The fraction of sp³-hybridized carbons (Fsp3) is 0.250. The van der Waals surface area contributed by atoms with Gasteiger partial charge in [0.2, 0.25) is 0 Å². The van der Waals surface area contributed by atoms with Crippen LogP contribution in [0, 0.1) is 0 Å². The molecular formula is C16H14F2O7. The molecule has 0 aliphatic heterocycles. The van der Waals surface area contributed by atoms with Crippen molar-refractivity contribution in [3.8, 4) is 11.5 Å². The van der Waals surface area contributed by atoms with Crippen molar-refractivity contribution in [2.45, 2.75) is 13.2 Å². The van der Waals surface area contributed by atoms with Crippen LogP contribution < -0.4 is 9.47 Å². The number of rotatable bonds is 7. The normalized spacial score (nSPS) is 10.4. The molecule has 0 N–H and O–H groups in total. The summed E-state index contributed by atoms with van der Waals surface area (Å²) in [5.41, 5.74) is -0.171. The number of hydrogen-bond donors (Lipinski definition) is 0. The van der Waals surface area contributed by atoms with Crippen LogP contribution in [0.4, 0.5) is 8.78 Å². The Morgan fingerprint density at radius 2 is 1.88 bits per heavy atom. The molecule has 0 saturated carbocycles. The van der Waals surface area contributed by atoms with Gasteiger partial charge in [0.05, 0.1) is 20.5 Å². The van der Waals surface area contributed by atoms with Crippen LogP contribution in [0.15, 0.2) is 34.9 Å². The van der Waals surface area contributed by atoms with E-state index < -0.39 is 30.9 Å². The summed E-state index contributed by atoms with van der Waals surface area (Å²) < 4.78 is 49.0. The van der Waals surface area contributed by atoms with E-state index in [0.29, 0.717) is 0 Å². The molecule has 9 heteroatoms. The number of para-hydroxylation sites is 1. The molecular weight excluding hydrogens is 342 g/mol. The van der Waals surface area contributed by atoms with Gasteiger partial charge >= 0.3 is 18.6 Å². The van der Waals surface area contributed by atoms with Crippen molar-refractivity contribution in [1.82, 2.24) is 0 Å². The third kappa shape index (κ3) is 4.25. The minimum Gasteiger partial charge on any atom is -0.493 e. The summed E-state index contributed by atoms with van der Waals surface area (Å²) in [6.45, 7) is -3.56. The molecule has 0 atom stereocenters. The summed E-state index contributed by atoms with van der Waals surface area (Å²) in [6.07, 6.45) is 1.23. The minimum absolute atomic E-state index is 0.0528. The summed E-state index contributed by atoms with van der Waals surface area (Å²) in [5.74, 6) is -2.07. The molecule has 25 heavy (non-hydrogen) atoms. The van der Waals surface area contributed by atoms with Crippen molar-refractivity contribution in [1.29, 1.82) is 0 Å². The lowest BCUT2D eigenvalue weighted by molar-refractivity contribution is -0.0519. The van der Waals surface area contributed by atoms with E-state index in [0.717, 1.165) is 0 Å². The van der Waals surface area contributed by atoms with Gasteiger partial charge < -0.3 is 23.4 Å². The number of esters is 2. The Labute approximate surface area is 141 Å². The molecule has 0 fully saturated rings. The number of hydrogen-bond acceptors (Lipinski definition) is 7. The monoisotopic (exact) mass is 356 g/mol. The van der Waals surface area contributed by atoms with Crippen LogP contribution in [0.5, 0.6) is 11.5 Å². The molecule has 134 valence electrons. The first-order valence-corrected chi connectivity index (χ1v) is 6.91. The Bertz CT molecular complexity index is 755. The summed E-state index contributed by atoms with van der Waals surface area (Å²) >= 11 is 0. The fourth-order valence-corrected chi connectivity index (χ4v) is 2.00. The van der Waals surface area contributed by atoms with E-state index in [1.807, 2.05) is 0 Å². The minimum atomic E-state index is -3.15. The highest BCUT2D eigenvalue weighted by molar-refractivity contribution is 5.94. The van der Waals surface area contributed by atoms with Crippen molar-refractivity contribution in [3.05, 3.63) is 47.4 Å². The molecule has 0 saturated heterocycles. The average Bonchev–Trinajstić information content (AvgIpc) is 3.07. The van der Waals surface area contributed by atoms with Crippen molar-refractivity contribution in [3.63, 3.8) is 0 Å². The largest absolute Gasteiger partial charge is 0.493 e. The molecule has 2 rings (SSSR count). The second-order valence-corrected chi connectivity index (χ2v) is 4.54. The molecule has 0 radical (unpaired) electrons. The molecule has 0 spiro atoms. The van der Waals surface area contributed by atoms with Gasteiger partial charge in [-0.05, 0) is 18.2 Å². The lowest BCUT2D eigenvalue weighted by Crippen LogP contribution is -2.12. The standard InChI is InChI=1S/C16H14F2O7/c1-21-11-5-3-4-10(13(11)25-16(17)18)15(20)24-8-12-9(6-7-23-12)14(19)22-2/h3-7,16H,8H2,1-2H3. The molecule has 0 aliphatic rings. The third-order valence-electron chi connectivity index (χ3n) is 3.11. The number of alkyl halides is 2. The first kappa shape index (κ1) is 18.2. The van der Waals surface area contributed by atoms with Gasteiger partial charge in [-0.2, -0.15) is 8.78 Å². The SMILES string of the molecule is COC(=O)c1ccoc1COC(=O)c1cccc(OC)c1OC(F)F. The number of methoxy groups -OCH3 is 2. The van der Waals surface area contributed by atoms with E-state index in [9.17, 15) is 18.4 Å². The fourth-order valence-electron chi connectivity index (χ4n) is 2.00. The number of furan rings is 1. The van der Waals surface area contributed by atoms with E-state index in [-0.39, 0.29) is 22.6 Å². The molecule has 1 aromatic heterocycles. The van der Waals surface area contributed by atoms with Gasteiger partial charge in [-0.3, -0.25) is 0 Å². The molecule has 7 nitrogen and oxygen atoms in total. The zero-order chi connectivity index (χ0) is 18.4. The molecule has 0 unspecified atom stereocenters. The highest BCUT2D eigenvalue weighted by atomic mass is 19.3. The first-order valence-electron chi connectivity index (χ1n) is 6.91. The highest BCUT2D eigenvalue weighted by Gasteiger charge is 2.23. The summed E-state index contributed by atoms with van der Waals surface area (Å²) in [6, 6.07) is 5.37. The second kappa shape index (κ2) is 8.13. The average molecular weight is 356 g/mol. The van der Waals surface area contributed by atoms with Crippen LogP contribution in [0.2, 0.25) is 0 Å². The second-order valence-electron chi connectivity index (χ2n) is 4.54. The Kier molecular flexibility index (Phi) is 5.93. The molecule has 1 aromatic carbocycles. The van der Waals surface area contributed by atoms with E-state index in [4.69, 9.17) is 13.9 Å². The van der Waals surface area contributed by atoms with Gasteiger partial charge in [-0.25, -0.2) is 9.59 Å². The Morgan fingerprint density at radius 1 is 1.12 bits per heavy atom. The maximum absolute atomic E-state index is 12.6. The van der Waals surface area contributed by atoms with Gasteiger partial charge in [0, 0.05) is 0 Å². The lowest BCUT2D eigenvalue weighted by Gasteiger charge is -2.13. The number of carbonyl (C=O) groups excluding carboxylic acids is 2. The highest BCUT2D eigenvalue weighted by Crippen LogP contribution is 2.33. The van der Waals surface area contributed by atoms with Crippen molar-refractivity contribution in [2.75, 3.05) is 14.2 Å². The smallest absolute Gasteiger partial charge is 0.387 e. The van der Waals surface area contributed by atoms with Crippen molar-refractivity contribution >= 4 is 11.9 Å². The van der Waals surface area contributed by atoms with Crippen LogP contribution in [0.1, 0.15) is 26.5 Å². The van der Waals surface area contributed by atoms with Gasteiger partial charge in [-0.1, -0.05) is 6.07 Å². The lowest BCUT2D eigenvalue weighted by atomic mass is 10.2. The van der Waals surface area contributed by atoms with Crippen molar-refractivity contribution < 1.29 is 41.7 Å². The van der Waals surface area contributed by atoms with E-state index in [2.05, 4.69) is 9.47 Å². The van der Waals surface area contributed by atoms with Crippen LogP contribution in [-0.4, -0.2) is 32.8 Å². The number of carbonyl (C=O) groups is 2. The molecule has 0 aliphatic carbocycles. The quantitative estimate of drug-likeness (QED) is 0.705. The van der Waals surface area contributed by atoms with Crippen LogP contribution >= 0.6 is 0 Å². The van der Waals surface area contributed by atoms with E-state index in [1.54, 1.807) is 0 Å². The Hall–Kier alpha value is -3.10. The zero-order valence-electron chi connectivity index (χ0n) is 13.3. The maximum Gasteiger partial charge on any atom is 0.387 e. The van der Waals surface area contributed by atoms with Gasteiger partial charge in [0.1, 0.15) is 11.1 Å². The van der Waals surface area contributed by atoms with Crippen LogP contribution in [0.25, 0.3) is 0 Å². The van der Waals surface area contributed by atoms with E-state index >= 15 is 0 Å². The van der Waals surface area contributed by atoms with E-state index in [1.165, 1.54) is 44.7 Å². The van der Waals surface area contributed by atoms with Gasteiger partial charge in [0.25, 0.3) is 0 Å². The summed E-state index contributed by atoms with van der Waals surface area (Å²) in [7, 11) is 2.43. The topological polar surface area (TPSA) is 84.2 Å². The first-order chi connectivity index (χ1) is 12.0. The molecule has 2 aromatic rings.